The molecule has 6 nitrogen and oxygen atoms in total. The van der Waals surface area contributed by atoms with Crippen LogP contribution in [0.2, 0.25) is 0 Å². The molecule has 0 radical (unpaired) electrons. The molecule has 0 fully saturated rings. The summed E-state index contributed by atoms with van der Waals surface area (Å²) >= 11 is 0. The van der Waals surface area contributed by atoms with Crippen molar-refractivity contribution in [3.63, 3.8) is 0 Å². The number of aromatic nitrogens is 1. The van der Waals surface area contributed by atoms with Gasteiger partial charge in [0, 0.05) is 23.0 Å². The standard InChI is InChI=1S/C26H25N3O3/c1-32-20-14-15-22-21(17-20)23(29-25(30)19-12-6-3-7-13-19)24(28-22)26(31)27-16-8-11-18-9-4-2-5-10-18/h2-7,9-10,12-15,17,28H,8,11,16H2,1H3,(H,27,31)(H,29,30). The molecule has 4 aromatic rings. The van der Waals surface area contributed by atoms with Gasteiger partial charge in [0.2, 0.25) is 0 Å². The van der Waals surface area contributed by atoms with Crippen molar-refractivity contribution in [1.29, 1.82) is 0 Å². The maximum atomic E-state index is 13.0. The van der Waals surface area contributed by atoms with E-state index in [1.54, 1.807) is 37.4 Å². The minimum atomic E-state index is -0.285. The van der Waals surface area contributed by atoms with Gasteiger partial charge in [-0.25, -0.2) is 0 Å². The van der Waals surface area contributed by atoms with Crippen LogP contribution in [0.5, 0.6) is 5.75 Å². The first-order chi connectivity index (χ1) is 15.7. The van der Waals surface area contributed by atoms with Crippen molar-refractivity contribution in [1.82, 2.24) is 10.3 Å². The number of benzene rings is 3. The molecule has 0 bridgehead atoms. The fourth-order valence-corrected chi connectivity index (χ4v) is 3.60. The summed E-state index contributed by atoms with van der Waals surface area (Å²) in [7, 11) is 1.58. The minimum absolute atomic E-state index is 0.267. The molecule has 1 heterocycles. The third-order valence-electron chi connectivity index (χ3n) is 5.28. The maximum absolute atomic E-state index is 13.0. The summed E-state index contributed by atoms with van der Waals surface area (Å²) in [5, 5.41) is 6.58. The summed E-state index contributed by atoms with van der Waals surface area (Å²) in [5.74, 6) is 0.0885. The molecule has 0 atom stereocenters. The average Bonchev–Trinajstić information content (AvgIpc) is 3.20. The van der Waals surface area contributed by atoms with E-state index in [1.807, 2.05) is 36.4 Å². The van der Waals surface area contributed by atoms with Gasteiger partial charge in [0.05, 0.1) is 12.8 Å². The Balaban J connectivity index is 1.54. The smallest absolute Gasteiger partial charge is 0.269 e. The minimum Gasteiger partial charge on any atom is -0.497 e. The molecule has 0 aliphatic rings. The zero-order chi connectivity index (χ0) is 22.3. The second kappa shape index (κ2) is 9.83. The van der Waals surface area contributed by atoms with Gasteiger partial charge in [-0.3, -0.25) is 9.59 Å². The maximum Gasteiger partial charge on any atom is 0.269 e. The molecule has 162 valence electrons. The number of rotatable bonds is 8. The molecule has 32 heavy (non-hydrogen) atoms. The van der Waals surface area contributed by atoms with Crippen LogP contribution in [-0.2, 0) is 6.42 Å². The number of anilines is 1. The summed E-state index contributed by atoms with van der Waals surface area (Å²) in [4.78, 5) is 29.0. The van der Waals surface area contributed by atoms with Crippen molar-refractivity contribution in [3.05, 3.63) is 95.7 Å². The predicted octanol–water partition coefficient (Wildman–Crippen LogP) is 4.79. The lowest BCUT2D eigenvalue weighted by molar-refractivity contribution is 0.0950. The average molecular weight is 428 g/mol. The first-order valence-corrected chi connectivity index (χ1v) is 10.5. The molecule has 4 rings (SSSR count). The lowest BCUT2D eigenvalue weighted by Gasteiger charge is -2.09. The van der Waals surface area contributed by atoms with Gasteiger partial charge in [0.1, 0.15) is 11.4 Å². The Bertz CT molecular complexity index is 1220. The Morgan fingerprint density at radius 3 is 2.34 bits per heavy atom. The van der Waals surface area contributed by atoms with Crippen LogP contribution in [-0.4, -0.2) is 30.5 Å². The van der Waals surface area contributed by atoms with Crippen molar-refractivity contribution < 1.29 is 14.3 Å². The fourth-order valence-electron chi connectivity index (χ4n) is 3.60. The molecule has 0 unspecified atom stereocenters. The molecule has 0 saturated carbocycles. The molecule has 0 saturated heterocycles. The van der Waals surface area contributed by atoms with Gasteiger partial charge >= 0.3 is 0 Å². The summed E-state index contributed by atoms with van der Waals surface area (Å²) in [6, 6.07) is 24.5. The highest BCUT2D eigenvalue weighted by Crippen LogP contribution is 2.31. The van der Waals surface area contributed by atoms with Crippen molar-refractivity contribution in [2.24, 2.45) is 0 Å². The number of fused-ring (bicyclic) bond motifs is 1. The zero-order valence-electron chi connectivity index (χ0n) is 17.9. The molecule has 2 amide bonds. The fraction of sp³-hybridized carbons (Fsp3) is 0.154. The predicted molar refractivity (Wildman–Crippen MR) is 126 cm³/mol. The first-order valence-electron chi connectivity index (χ1n) is 10.5. The Kier molecular flexibility index (Phi) is 6.51. The topological polar surface area (TPSA) is 83.2 Å². The molecule has 1 aromatic heterocycles. The van der Waals surface area contributed by atoms with Gasteiger partial charge in [-0.05, 0) is 48.7 Å². The van der Waals surface area contributed by atoms with Gasteiger partial charge in [0.15, 0.2) is 0 Å². The number of methoxy groups -OCH3 is 1. The number of carbonyl (C=O) groups is 2. The van der Waals surface area contributed by atoms with Crippen LogP contribution in [0.15, 0.2) is 78.9 Å². The number of aryl methyl sites for hydroxylation is 1. The molecule has 0 aliphatic heterocycles. The van der Waals surface area contributed by atoms with E-state index >= 15 is 0 Å². The van der Waals surface area contributed by atoms with Crippen LogP contribution < -0.4 is 15.4 Å². The molecular formula is C26H25N3O3. The molecule has 6 heteroatoms. The van der Waals surface area contributed by atoms with Gasteiger partial charge in [-0.1, -0.05) is 48.5 Å². The molecule has 0 spiro atoms. The molecule has 3 N–H and O–H groups in total. The Hall–Kier alpha value is -4.06. The number of aromatic amines is 1. The Morgan fingerprint density at radius 1 is 0.906 bits per heavy atom. The second-order valence-electron chi connectivity index (χ2n) is 7.45. The number of amides is 2. The van der Waals surface area contributed by atoms with Crippen LogP contribution in [0.1, 0.15) is 32.8 Å². The van der Waals surface area contributed by atoms with Crippen molar-refractivity contribution >= 4 is 28.4 Å². The van der Waals surface area contributed by atoms with E-state index in [4.69, 9.17) is 4.74 Å². The van der Waals surface area contributed by atoms with E-state index < -0.39 is 0 Å². The van der Waals surface area contributed by atoms with Gasteiger partial charge in [0.25, 0.3) is 11.8 Å². The van der Waals surface area contributed by atoms with Crippen molar-refractivity contribution in [3.8, 4) is 5.75 Å². The highest BCUT2D eigenvalue weighted by atomic mass is 16.5. The highest BCUT2D eigenvalue weighted by molar-refractivity contribution is 6.15. The van der Waals surface area contributed by atoms with Crippen molar-refractivity contribution in [2.75, 3.05) is 19.0 Å². The quantitative estimate of drug-likeness (QED) is 0.354. The lowest BCUT2D eigenvalue weighted by atomic mass is 10.1. The van der Waals surface area contributed by atoms with E-state index in [0.29, 0.717) is 34.6 Å². The van der Waals surface area contributed by atoms with Gasteiger partial charge in [-0.2, -0.15) is 0 Å². The normalized spacial score (nSPS) is 10.7. The molecule has 0 aliphatic carbocycles. The van der Waals surface area contributed by atoms with E-state index in [-0.39, 0.29) is 11.8 Å². The van der Waals surface area contributed by atoms with Crippen LogP contribution in [0.25, 0.3) is 10.9 Å². The number of carbonyl (C=O) groups excluding carboxylic acids is 2. The van der Waals surface area contributed by atoms with Crippen LogP contribution in [0.4, 0.5) is 5.69 Å². The highest BCUT2D eigenvalue weighted by Gasteiger charge is 2.20. The van der Waals surface area contributed by atoms with Gasteiger partial charge in [-0.15, -0.1) is 0 Å². The molecule has 3 aromatic carbocycles. The monoisotopic (exact) mass is 427 g/mol. The second-order valence-corrected chi connectivity index (χ2v) is 7.45. The Labute approximate surface area is 186 Å². The van der Waals surface area contributed by atoms with E-state index in [0.717, 1.165) is 18.4 Å². The van der Waals surface area contributed by atoms with Crippen molar-refractivity contribution in [2.45, 2.75) is 12.8 Å². The van der Waals surface area contributed by atoms with Crippen LogP contribution >= 0.6 is 0 Å². The number of ether oxygens (including phenoxy) is 1. The lowest BCUT2D eigenvalue weighted by Crippen LogP contribution is -2.26. The summed E-state index contributed by atoms with van der Waals surface area (Å²) in [5.41, 5.74) is 3.24. The summed E-state index contributed by atoms with van der Waals surface area (Å²) < 4.78 is 5.33. The number of H-pyrrole nitrogens is 1. The van der Waals surface area contributed by atoms with E-state index in [1.165, 1.54) is 5.56 Å². The van der Waals surface area contributed by atoms with E-state index in [9.17, 15) is 9.59 Å². The zero-order valence-corrected chi connectivity index (χ0v) is 17.9. The third-order valence-corrected chi connectivity index (χ3v) is 5.28. The third kappa shape index (κ3) is 4.81. The Morgan fingerprint density at radius 2 is 1.62 bits per heavy atom. The summed E-state index contributed by atoms with van der Waals surface area (Å²) in [6.07, 6.45) is 1.69. The number of hydrogen-bond acceptors (Lipinski definition) is 3. The largest absolute Gasteiger partial charge is 0.497 e. The van der Waals surface area contributed by atoms with Crippen LogP contribution in [0, 0.1) is 0 Å². The first kappa shape index (κ1) is 21.2. The summed E-state index contributed by atoms with van der Waals surface area (Å²) in [6.45, 7) is 0.526. The molecular weight excluding hydrogens is 402 g/mol. The van der Waals surface area contributed by atoms with E-state index in [2.05, 4.69) is 27.8 Å². The number of nitrogens with one attached hydrogen (secondary N) is 3. The SMILES string of the molecule is COc1ccc2[nH]c(C(=O)NCCCc3ccccc3)c(NC(=O)c3ccccc3)c2c1. The number of hydrogen-bond donors (Lipinski definition) is 3. The van der Waals surface area contributed by atoms with Gasteiger partial charge < -0.3 is 20.4 Å². The van der Waals surface area contributed by atoms with Crippen LogP contribution in [0.3, 0.4) is 0 Å².